The molecule has 7 heteroatoms. The summed E-state index contributed by atoms with van der Waals surface area (Å²) in [7, 11) is 0. The first-order valence-corrected chi connectivity index (χ1v) is 8.20. The van der Waals surface area contributed by atoms with Gasteiger partial charge in [0.2, 0.25) is 5.91 Å². The smallest absolute Gasteiger partial charge is 0.249 e. The number of carbonyl (C=O) groups excluding carboxylic acids is 1. The summed E-state index contributed by atoms with van der Waals surface area (Å²) >= 11 is 0. The van der Waals surface area contributed by atoms with Crippen molar-refractivity contribution in [3.63, 3.8) is 0 Å². The van der Waals surface area contributed by atoms with Crippen LogP contribution in [0.5, 0.6) is 0 Å². The molecule has 0 bridgehead atoms. The largest absolute Gasteiger partial charge is 0.371 e. The van der Waals surface area contributed by atoms with Crippen molar-refractivity contribution in [2.75, 3.05) is 29.9 Å². The Morgan fingerprint density at radius 3 is 2.50 bits per heavy atom. The maximum Gasteiger partial charge on any atom is 0.249 e. The van der Waals surface area contributed by atoms with E-state index in [0.29, 0.717) is 5.92 Å². The Kier molecular flexibility index (Phi) is 4.10. The Morgan fingerprint density at radius 2 is 1.79 bits per heavy atom. The summed E-state index contributed by atoms with van der Waals surface area (Å²) in [5.74, 6) is 0.580. The van der Waals surface area contributed by atoms with Gasteiger partial charge in [0.05, 0.1) is 18.1 Å². The van der Waals surface area contributed by atoms with Crippen LogP contribution in [0.4, 0.5) is 11.4 Å². The van der Waals surface area contributed by atoms with Crippen LogP contribution in [0, 0.1) is 0 Å². The normalized spacial score (nSPS) is 21.4. The van der Waals surface area contributed by atoms with E-state index >= 15 is 0 Å². The predicted octanol–water partition coefficient (Wildman–Crippen LogP) is 0.885. The first-order chi connectivity index (χ1) is 11.8. The Balaban J connectivity index is 1.44. The molecule has 1 unspecified atom stereocenters. The zero-order valence-electron chi connectivity index (χ0n) is 13.3. The van der Waals surface area contributed by atoms with Gasteiger partial charge in [0.1, 0.15) is 12.4 Å². The number of hydrogen-bond acceptors (Lipinski definition) is 6. The summed E-state index contributed by atoms with van der Waals surface area (Å²) < 4.78 is 0. The molecule has 0 saturated carbocycles. The van der Waals surface area contributed by atoms with Crippen LogP contribution < -0.4 is 21.1 Å². The van der Waals surface area contributed by atoms with E-state index in [4.69, 9.17) is 0 Å². The summed E-state index contributed by atoms with van der Waals surface area (Å²) in [5, 5.41) is 3.21. The van der Waals surface area contributed by atoms with Gasteiger partial charge in [-0.05, 0) is 24.1 Å². The van der Waals surface area contributed by atoms with Crippen LogP contribution >= 0.6 is 0 Å². The van der Waals surface area contributed by atoms with Crippen molar-refractivity contribution in [3.8, 4) is 0 Å². The lowest BCUT2D eigenvalue weighted by Gasteiger charge is -2.18. The number of nitrogens with one attached hydrogen (secondary N) is 3. The van der Waals surface area contributed by atoms with Crippen molar-refractivity contribution in [2.45, 2.75) is 18.4 Å². The van der Waals surface area contributed by atoms with Crippen molar-refractivity contribution in [3.05, 3.63) is 48.5 Å². The molecule has 1 amide bonds. The zero-order chi connectivity index (χ0) is 16.4. The minimum atomic E-state index is -0.223. The Bertz CT molecular complexity index is 699. The number of hydrogen-bond donors (Lipinski definition) is 3. The van der Waals surface area contributed by atoms with E-state index in [2.05, 4.69) is 38.3 Å². The van der Waals surface area contributed by atoms with Gasteiger partial charge in [0.25, 0.3) is 0 Å². The second-order valence-electron chi connectivity index (χ2n) is 6.15. The van der Waals surface area contributed by atoms with Gasteiger partial charge in [-0.1, -0.05) is 12.1 Å². The predicted molar refractivity (Wildman–Crippen MR) is 91.6 cm³/mol. The van der Waals surface area contributed by atoms with Crippen LogP contribution in [0.15, 0.2) is 43.0 Å². The first-order valence-electron chi connectivity index (χ1n) is 8.20. The fourth-order valence-electron chi connectivity index (χ4n) is 3.27. The van der Waals surface area contributed by atoms with Crippen LogP contribution in [-0.2, 0) is 4.79 Å². The quantitative estimate of drug-likeness (QED) is 0.775. The standard InChI is InChI=1S/C17H20N6O/c24-17-16(22-14-9-18-11-19-10-14)5-6-23(17)15-3-1-12(2-4-15)13-7-20-21-8-13/h1-4,9-11,13,16,20-22H,5-8H2. The van der Waals surface area contributed by atoms with Crippen molar-refractivity contribution < 1.29 is 4.79 Å². The van der Waals surface area contributed by atoms with Crippen LogP contribution in [0.3, 0.4) is 0 Å². The van der Waals surface area contributed by atoms with Crippen LogP contribution in [-0.4, -0.2) is 41.6 Å². The third-order valence-corrected chi connectivity index (χ3v) is 4.61. The SMILES string of the molecule is O=C1C(Nc2cncnc2)CCN1c1ccc(C2CNNC2)cc1. The summed E-state index contributed by atoms with van der Waals surface area (Å²) in [6.45, 7) is 2.59. The highest BCUT2D eigenvalue weighted by atomic mass is 16.2. The molecule has 2 aromatic rings. The maximum absolute atomic E-state index is 12.7. The number of rotatable bonds is 4. The molecule has 124 valence electrons. The molecular formula is C17H20N6O. The van der Waals surface area contributed by atoms with E-state index in [1.54, 1.807) is 12.4 Å². The first kappa shape index (κ1) is 15.0. The number of anilines is 2. The molecular weight excluding hydrogens is 304 g/mol. The molecule has 4 rings (SSSR count). The van der Waals surface area contributed by atoms with E-state index in [-0.39, 0.29) is 11.9 Å². The Morgan fingerprint density at radius 1 is 1.08 bits per heavy atom. The average Bonchev–Trinajstić information content (AvgIpc) is 3.27. The zero-order valence-corrected chi connectivity index (χ0v) is 13.3. The third kappa shape index (κ3) is 2.95. The summed E-state index contributed by atoms with van der Waals surface area (Å²) in [6, 6.07) is 8.10. The molecule has 2 saturated heterocycles. The molecule has 1 aromatic heterocycles. The Hall–Kier alpha value is -2.51. The minimum Gasteiger partial charge on any atom is -0.371 e. The number of nitrogens with zero attached hydrogens (tertiary/aromatic N) is 3. The molecule has 1 aromatic carbocycles. The summed E-state index contributed by atoms with van der Waals surface area (Å²) in [5.41, 5.74) is 9.31. The van der Waals surface area contributed by atoms with Gasteiger partial charge >= 0.3 is 0 Å². The van der Waals surface area contributed by atoms with Crippen molar-refractivity contribution in [2.24, 2.45) is 0 Å². The van der Waals surface area contributed by atoms with Crippen molar-refractivity contribution in [1.82, 2.24) is 20.8 Å². The maximum atomic E-state index is 12.7. The third-order valence-electron chi connectivity index (χ3n) is 4.61. The molecule has 7 nitrogen and oxygen atoms in total. The van der Waals surface area contributed by atoms with Crippen LogP contribution in [0.25, 0.3) is 0 Å². The van der Waals surface area contributed by atoms with E-state index in [1.807, 2.05) is 17.0 Å². The summed E-state index contributed by atoms with van der Waals surface area (Å²) in [4.78, 5) is 22.4. The van der Waals surface area contributed by atoms with Gasteiger partial charge in [-0.3, -0.25) is 15.6 Å². The fourth-order valence-corrected chi connectivity index (χ4v) is 3.27. The van der Waals surface area contributed by atoms with Crippen LogP contribution in [0.2, 0.25) is 0 Å². The second kappa shape index (κ2) is 6.54. The topological polar surface area (TPSA) is 82.2 Å². The highest BCUT2D eigenvalue weighted by Gasteiger charge is 2.32. The number of aromatic nitrogens is 2. The lowest BCUT2D eigenvalue weighted by molar-refractivity contribution is -0.117. The van der Waals surface area contributed by atoms with Gasteiger partial charge in [-0.2, -0.15) is 0 Å². The molecule has 24 heavy (non-hydrogen) atoms. The molecule has 2 aliphatic heterocycles. The lowest BCUT2D eigenvalue weighted by Crippen LogP contribution is -2.33. The molecule has 1 atom stereocenters. The van der Waals surface area contributed by atoms with Crippen molar-refractivity contribution >= 4 is 17.3 Å². The summed E-state index contributed by atoms with van der Waals surface area (Å²) in [6.07, 6.45) is 5.61. The molecule has 2 fully saturated rings. The monoisotopic (exact) mass is 324 g/mol. The van der Waals surface area contributed by atoms with E-state index in [1.165, 1.54) is 11.9 Å². The fraction of sp³-hybridized carbons (Fsp3) is 0.353. The van der Waals surface area contributed by atoms with E-state index in [9.17, 15) is 4.79 Å². The highest BCUT2D eigenvalue weighted by molar-refractivity contribution is 6.00. The highest BCUT2D eigenvalue weighted by Crippen LogP contribution is 2.26. The van der Waals surface area contributed by atoms with Gasteiger partial charge in [0, 0.05) is 31.2 Å². The van der Waals surface area contributed by atoms with Gasteiger partial charge in [-0.15, -0.1) is 0 Å². The molecule has 0 spiro atoms. The molecule has 0 aliphatic carbocycles. The minimum absolute atomic E-state index is 0.0933. The number of hydrazine groups is 1. The van der Waals surface area contributed by atoms with Gasteiger partial charge in [0.15, 0.2) is 0 Å². The molecule has 3 N–H and O–H groups in total. The average molecular weight is 324 g/mol. The Labute approximate surface area is 140 Å². The number of carbonyl (C=O) groups is 1. The van der Waals surface area contributed by atoms with E-state index < -0.39 is 0 Å². The lowest BCUT2D eigenvalue weighted by atomic mass is 10.00. The molecule has 0 radical (unpaired) electrons. The van der Waals surface area contributed by atoms with Gasteiger partial charge < -0.3 is 10.2 Å². The van der Waals surface area contributed by atoms with E-state index in [0.717, 1.165) is 37.4 Å². The number of benzene rings is 1. The second-order valence-corrected chi connectivity index (χ2v) is 6.15. The number of amides is 1. The van der Waals surface area contributed by atoms with Crippen LogP contribution in [0.1, 0.15) is 17.9 Å². The molecule has 2 aliphatic rings. The van der Waals surface area contributed by atoms with Crippen molar-refractivity contribution in [1.29, 1.82) is 0 Å². The van der Waals surface area contributed by atoms with Gasteiger partial charge in [-0.25, -0.2) is 9.97 Å². The molecule has 3 heterocycles.